The van der Waals surface area contributed by atoms with E-state index in [1.807, 2.05) is 0 Å². The molecule has 10 heteroatoms. The smallest absolute Gasteiger partial charge is 0.311 e. The van der Waals surface area contributed by atoms with Crippen LogP contribution in [-0.2, 0) is 14.4 Å². The average Bonchev–Trinajstić information content (AvgIpc) is 3.08. The molecular formula is C20H21N3O7. The quantitative estimate of drug-likeness (QED) is 0.283. The lowest BCUT2D eigenvalue weighted by Crippen LogP contribution is -2.44. The molecule has 3 rings (SSSR count). The van der Waals surface area contributed by atoms with Crippen molar-refractivity contribution in [2.45, 2.75) is 31.3 Å². The molecule has 0 aromatic heterocycles. The number of para-hydroxylation sites is 1. The summed E-state index contributed by atoms with van der Waals surface area (Å²) in [6, 6.07) is 3.57. The number of nitrogens with zero attached hydrogens (tertiary/aromatic N) is 1. The number of carboxylic acids is 1. The molecule has 0 bridgehead atoms. The fourth-order valence-electron chi connectivity index (χ4n) is 3.43. The van der Waals surface area contributed by atoms with Crippen LogP contribution in [0.3, 0.4) is 0 Å². The molecular weight excluding hydrogens is 394 g/mol. The number of fused-ring (bicyclic) bond motifs is 2. The van der Waals surface area contributed by atoms with Crippen molar-refractivity contribution in [1.82, 2.24) is 4.90 Å². The highest BCUT2D eigenvalue weighted by Gasteiger charge is 2.39. The number of aliphatic carboxylic acids is 1. The van der Waals surface area contributed by atoms with Gasteiger partial charge in [0.2, 0.25) is 5.91 Å². The van der Waals surface area contributed by atoms with Gasteiger partial charge in [-0.2, -0.15) is 0 Å². The van der Waals surface area contributed by atoms with Gasteiger partial charge in [0.15, 0.2) is 5.75 Å². The number of carbonyl (C=O) groups excluding carboxylic acids is 3. The molecule has 2 unspecified atom stereocenters. The minimum atomic E-state index is -1.12. The van der Waals surface area contributed by atoms with Gasteiger partial charge in [-0.05, 0) is 24.1 Å². The number of esters is 1. The van der Waals surface area contributed by atoms with Gasteiger partial charge in [-0.3, -0.25) is 19.2 Å². The maximum atomic E-state index is 13.1. The third kappa shape index (κ3) is 4.49. The average molecular weight is 415 g/mol. The van der Waals surface area contributed by atoms with Crippen LogP contribution >= 0.6 is 0 Å². The van der Waals surface area contributed by atoms with E-state index in [0.717, 1.165) is 0 Å². The van der Waals surface area contributed by atoms with Crippen LogP contribution in [0.4, 0.5) is 5.69 Å². The van der Waals surface area contributed by atoms with Crippen molar-refractivity contribution in [3.63, 3.8) is 0 Å². The minimum Gasteiger partial charge on any atom is -0.481 e. The van der Waals surface area contributed by atoms with Crippen molar-refractivity contribution in [1.29, 1.82) is 0 Å². The lowest BCUT2D eigenvalue weighted by atomic mass is 10.0. The summed E-state index contributed by atoms with van der Waals surface area (Å²) in [4.78, 5) is 48.2. The zero-order valence-corrected chi connectivity index (χ0v) is 15.9. The zero-order valence-electron chi connectivity index (χ0n) is 15.9. The van der Waals surface area contributed by atoms with E-state index in [1.165, 1.54) is 23.1 Å². The Morgan fingerprint density at radius 3 is 2.73 bits per heavy atom. The number of primary amides is 1. The van der Waals surface area contributed by atoms with Crippen LogP contribution in [0.2, 0.25) is 0 Å². The van der Waals surface area contributed by atoms with Crippen molar-refractivity contribution in [3.05, 3.63) is 47.7 Å². The molecule has 2 aliphatic heterocycles. The molecule has 0 aliphatic carbocycles. The maximum absolute atomic E-state index is 13.1. The minimum absolute atomic E-state index is 0.0775. The number of aliphatic hydroxyl groups is 1. The second-order valence-corrected chi connectivity index (χ2v) is 6.90. The summed E-state index contributed by atoms with van der Waals surface area (Å²) in [5.41, 5.74) is 6.31. The Bertz CT molecular complexity index is 954. The number of hydrogen-bond acceptors (Lipinski definition) is 7. The molecule has 2 amide bonds. The molecule has 0 saturated heterocycles. The monoisotopic (exact) mass is 415 g/mol. The van der Waals surface area contributed by atoms with Gasteiger partial charge in [0.25, 0.3) is 5.91 Å². The topological polar surface area (TPSA) is 159 Å². The Morgan fingerprint density at radius 2 is 2.07 bits per heavy atom. The number of nitrogens with one attached hydrogen (secondary N) is 1. The predicted molar refractivity (Wildman–Crippen MR) is 104 cm³/mol. The maximum Gasteiger partial charge on any atom is 0.311 e. The summed E-state index contributed by atoms with van der Waals surface area (Å²) in [5, 5.41) is 21.7. The number of nitrogens with two attached hydrogens (primary N) is 1. The number of amides is 2. The first-order chi connectivity index (χ1) is 14.3. The van der Waals surface area contributed by atoms with Crippen LogP contribution in [-0.4, -0.2) is 57.6 Å². The van der Waals surface area contributed by atoms with E-state index in [4.69, 9.17) is 15.6 Å². The fourth-order valence-corrected chi connectivity index (χ4v) is 3.43. The molecule has 1 aromatic carbocycles. The van der Waals surface area contributed by atoms with Crippen LogP contribution in [0.15, 0.2) is 42.1 Å². The second-order valence-electron chi connectivity index (χ2n) is 6.90. The third-order valence-electron chi connectivity index (χ3n) is 4.82. The number of anilines is 1. The van der Waals surface area contributed by atoms with E-state index < -0.39 is 29.9 Å². The van der Waals surface area contributed by atoms with Gasteiger partial charge >= 0.3 is 11.9 Å². The number of benzene rings is 1. The Morgan fingerprint density at radius 1 is 1.30 bits per heavy atom. The largest absolute Gasteiger partial charge is 0.481 e. The molecule has 2 aliphatic rings. The van der Waals surface area contributed by atoms with Gasteiger partial charge in [-0.1, -0.05) is 12.1 Å². The fraction of sp³-hybridized carbons (Fsp3) is 0.300. The first kappa shape index (κ1) is 21.1. The van der Waals surface area contributed by atoms with Crippen LogP contribution in [0.1, 0.15) is 29.6 Å². The highest BCUT2D eigenvalue weighted by molar-refractivity contribution is 6.03. The van der Waals surface area contributed by atoms with Crippen molar-refractivity contribution < 1.29 is 34.1 Å². The van der Waals surface area contributed by atoms with Gasteiger partial charge in [0.1, 0.15) is 0 Å². The van der Waals surface area contributed by atoms with Gasteiger partial charge in [-0.15, -0.1) is 0 Å². The molecule has 158 valence electrons. The molecule has 0 spiro atoms. The number of rotatable bonds is 7. The zero-order chi connectivity index (χ0) is 21.8. The van der Waals surface area contributed by atoms with E-state index in [-0.39, 0.29) is 42.4 Å². The first-order valence-corrected chi connectivity index (χ1v) is 9.24. The lowest BCUT2D eigenvalue weighted by molar-refractivity contribution is -0.142. The van der Waals surface area contributed by atoms with Gasteiger partial charge in [0, 0.05) is 12.3 Å². The summed E-state index contributed by atoms with van der Waals surface area (Å²) < 4.78 is 5.27. The molecule has 0 saturated carbocycles. The number of carbonyl (C=O) groups is 4. The lowest BCUT2D eigenvalue weighted by Gasteiger charge is -2.27. The van der Waals surface area contributed by atoms with Crippen LogP contribution in [0.5, 0.6) is 5.75 Å². The van der Waals surface area contributed by atoms with Crippen LogP contribution in [0, 0.1) is 0 Å². The van der Waals surface area contributed by atoms with Crippen molar-refractivity contribution >= 4 is 29.4 Å². The highest BCUT2D eigenvalue weighted by atomic mass is 16.5. The van der Waals surface area contributed by atoms with Crippen molar-refractivity contribution in [2.75, 3.05) is 11.9 Å². The summed E-state index contributed by atoms with van der Waals surface area (Å²) in [6.45, 7) is -0.310. The summed E-state index contributed by atoms with van der Waals surface area (Å²) >= 11 is 0. The van der Waals surface area contributed by atoms with E-state index in [9.17, 15) is 24.3 Å². The third-order valence-corrected chi connectivity index (χ3v) is 4.82. The van der Waals surface area contributed by atoms with E-state index in [0.29, 0.717) is 12.0 Å². The van der Waals surface area contributed by atoms with Crippen LogP contribution in [0.25, 0.3) is 0 Å². The Balaban J connectivity index is 1.91. The summed E-state index contributed by atoms with van der Waals surface area (Å²) in [5.74, 6) is -2.77. The van der Waals surface area contributed by atoms with Crippen molar-refractivity contribution in [2.24, 2.45) is 5.73 Å². The van der Waals surface area contributed by atoms with Gasteiger partial charge in [0.05, 0.1) is 42.8 Å². The molecule has 0 fully saturated rings. The molecule has 5 N–H and O–H groups in total. The molecule has 2 heterocycles. The number of ether oxygens (including phenoxy) is 1. The summed E-state index contributed by atoms with van der Waals surface area (Å²) in [7, 11) is 0. The van der Waals surface area contributed by atoms with Crippen LogP contribution < -0.4 is 15.8 Å². The summed E-state index contributed by atoms with van der Waals surface area (Å²) in [6.07, 6.45) is 4.02. The van der Waals surface area contributed by atoms with E-state index >= 15 is 0 Å². The molecule has 10 nitrogen and oxygen atoms in total. The number of aliphatic hydroxyl groups excluding tert-OH is 1. The molecule has 2 atom stereocenters. The van der Waals surface area contributed by atoms with E-state index in [1.54, 1.807) is 18.3 Å². The molecule has 30 heavy (non-hydrogen) atoms. The van der Waals surface area contributed by atoms with Gasteiger partial charge < -0.3 is 30.9 Å². The first-order valence-electron chi connectivity index (χ1n) is 9.24. The number of hydrogen-bond donors (Lipinski definition) is 4. The Hall–Kier alpha value is -3.66. The normalized spacial score (nSPS) is 20.1. The predicted octanol–water partition coefficient (Wildman–Crippen LogP) is 0.383. The number of allylic oxidation sites excluding steroid dienone is 1. The number of carboxylic acid groups (broad SMARTS) is 1. The second kappa shape index (κ2) is 8.78. The molecule has 1 aromatic rings. The SMILES string of the molecule is NC(=O)C=CC1=CN2C(=O)c3cccc(OC(=O)CCC(=O)O)c3NC(CO)C2C1. The molecule has 0 radical (unpaired) electrons. The Kier molecular flexibility index (Phi) is 6.17. The standard InChI is InChI=1S/C20H21N3O7/c21-16(25)5-4-11-8-14-13(10-24)22-19-12(20(29)23(14)9-11)2-1-3-15(19)30-18(28)7-6-17(26)27/h1-5,9,13-14,22,24H,6-8,10H2,(H2,21,25)(H,26,27). The van der Waals surface area contributed by atoms with E-state index in [2.05, 4.69) is 5.32 Å². The van der Waals surface area contributed by atoms with Crippen molar-refractivity contribution in [3.8, 4) is 5.75 Å². The Labute approximate surface area is 171 Å². The highest BCUT2D eigenvalue weighted by Crippen LogP contribution is 2.38. The van der Waals surface area contributed by atoms with Gasteiger partial charge in [-0.25, -0.2) is 0 Å².